The van der Waals surface area contributed by atoms with Crippen LogP contribution in [0, 0.1) is 12.8 Å². The van der Waals surface area contributed by atoms with E-state index in [9.17, 15) is 13.2 Å². The van der Waals surface area contributed by atoms with Gasteiger partial charge in [0.25, 0.3) is 10.2 Å². The maximum Gasteiger partial charge on any atom is 0.307 e. The van der Waals surface area contributed by atoms with Crippen molar-refractivity contribution < 1.29 is 22.7 Å². The number of carbonyl (C=O) groups is 1. The van der Waals surface area contributed by atoms with Gasteiger partial charge in [-0.25, -0.2) is 4.98 Å². The Bertz CT molecular complexity index is 612. The van der Waals surface area contributed by atoms with Gasteiger partial charge in [-0.2, -0.15) is 17.4 Å². The van der Waals surface area contributed by atoms with Gasteiger partial charge in [0.1, 0.15) is 5.76 Å². The van der Waals surface area contributed by atoms with Gasteiger partial charge in [0, 0.05) is 13.1 Å². The van der Waals surface area contributed by atoms with Gasteiger partial charge in [-0.1, -0.05) is 0 Å². The van der Waals surface area contributed by atoms with Crippen LogP contribution < -0.4 is 4.72 Å². The van der Waals surface area contributed by atoms with Crippen LogP contribution in [0.4, 0.5) is 0 Å². The Morgan fingerprint density at radius 2 is 2.33 bits per heavy atom. The van der Waals surface area contributed by atoms with Gasteiger partial charge in [0.15, 0.2) is 0 Å². The number of rotatable bonds is 5. The fraction of sp³-hybridized carbons (Fsp3) is 0.667. The number of carboxylic acids is 1. The highest BCUT2D eigenvalue weighted by molar-refractivity contribution is 7.87. The molecule has 0 aliphatic carbocycles. The van der Waals surface area contributed by atoms with Gasteiger partial charge in [0.05, 0.1) is 18.2 Å². The highest BCUT2D eigenvalue weighted by Gasteiger charge is 2.33. The standard InChI is InChI=1S/C12H19N3O5S/c1-8-6-13-11(20-8)9(2)14-21(18,19)15-5-3-4-10(7-15)12(16)17/h6,9-10,14H,3-5,7H2,1-2H3,(H,16,17). The van der Waals surface area contributed by atoms with Gasteiger partial charge in [-0.3, -0.25) is 4.79 Å². The molecule has 0 radical (unpaired) electrons. The van der Waals surface area contributed by atoms with Crippen LogP contribution in [0.3, 0.4) is 0 Å². The van der Waals surface area contributed by atoms with E-state index >= 15 is 0 Å². The molecule has 8 nitrogen and oxygen atoms in total. The van der Waals surface area contributed by atoms with Crippen molar-refractivity contribution >= 4 is 16.2 Å². The van der Waals surface area contributed by atoms with Gasteiger partial charge in [0.2, 0.25) is 5.89 Å². The van der Waals surface area contributed by atoms with Crippen LogP contribution in [0.1, 0.15) is 37.5 Å². The molecule has 0 spiro atoms. The van der Waals surface area contributed by atoms with E-state index in [0.29, 0.717) is 25.1 Å². The summed E-state index contributed by atoms with van der Waals surface area (Å²) in [6.45, 7) is 3.65. The Balaban J connectivity index is 2.05. The molecule has 2 N–H and O–H groups in total. The smallest absolute Gasteiger partial charge is 0.307 e. The maximum atomic E-state index is 12.3. The summed E-state index contributed by atoms with van der Waals surface area (Å²) < 4.78 is 33.5. The first-order chi connectivity index (χ1) is 9.79. The zero-order chi connectivity index (χ0) is 15.6. The number of carboxylic acid groups (broad SMARTS) is 1. The molecule has 0 bridgehead atoms. The van der Waals surface area contributed by atoms with Crippen molar-refractivity contribution in [1.29, 1.82) is 0 Å². The average Bonchev–Trinajstić information content (AvgIpc) is 2.85. The summed E-state index contributed by atoms with van der Waals surface area (Å²) in [6.07, 6.45) is 2.54. The third-order valence-corrected chi connectivity index (χ3v) is 5.07. The normalized spacial score (nSPS) is 22.1. The minimum absolute atomic E-state index is 0.0119. The van der Waals surface area contributed by atoms with Gasteiger partial charge in [-0.15, -0.1) is 0 Å². The molecule has 2 rings (SSSR count). The molecule has 1 aromatic rings. The molecule has 1 aliphatic rings. The third-order valence-electron chi connectivity index (χ3n) is 3.41. The van der Waals surface area contributed by atoms with Crippen LogP contribution in [0.15, 0.2) is 10.6 Å². The predicted molar refractivity (Wildman–Crippen MR) is 73.6 cm³/mol. The van der Waals surface area contributed by atoms with Crippen molar-refractivity contribution in [3.63, 3.8) is 0 Å². The first kappa shape index (κ1) is 15.9. The summed E-state index contributed by atoms with van der Waals surface area (Å²) in [4.78, 5) is 15.0. The molecule has 2 unspecified atom stereocenters. The first-order valence-electron chi connectivity index (χ1n) is 6.72. The summed E-state index contributed by atoms with van der Waals surface area (Å²) in [5.74, 6) is -0.747. The quantitative estimate of drug-likeness (QED) is 0.825. The molecule has 0 saturated carbocycles. The lowest BCUT2D eigenvalue weighted by Gasteiger charge is -2.30. The first-order valence-corrected chi connectivity index (χ1v) is 8.16. The van der Waals surface area contributed by atoms with Crippen LogP contribution in [0.5, 0.6) is 0 Å². The van der Waals surface area contributed by atoms with E-state index in [-0.39, 0.29) is 12.4 Å². The lowest BCUT2D eigenvalue weighted by Crippen LogP contribution is -2.48. The van der Waals surface area contributed by atoms with Crippen molar-refractivity contribution in [2.75, 3.05) is 13.1 Å². The predicted octanol–water partition coefficient (Wildman–Crippen LogP) is 0.675. The number of aromatic nitrogens is 1. The Kier molecular flexibility index (Phi) is 4.64. The monoisotopic (exact) mass is 317 g/mol. The molecule has 9 heteroatoms. The number of aliphatic carboxylic acids is 1. The van der Waals surface area contributed by atoms with Crippen molar-refractivity contribution in [3.05, 3.63) is 17.8 Å². The van der Waals surface area contributed by atoms with E-state index in [0.717, 1.165) is 0 Å². The van der Waals surface area contributed by atoms with E-state index < -0.39 is 28.1 Å². The van der Waals surface area contributed by atoms with E-state index in [1.807, 2.05) is 0 Å². The molecule has 1 aromatic heterocycles. The van der Waals surface area contributed by atoms with Crippen molar-refractivity contribution in [2.24, 2.45) is 5.92 Å². The van der Waals surface area contributed by atoms with E-state index in [4.69, 9.17) is 9.52 Å². The maximum absolute atomic E-state index is 12.3. The molecular weight excluding hydrogens is 298 g/mol. The number of oxazole rings is 1. The zero-order valence-corrected chi connectivity index (χ0v) is 12.8. The second kappa shape index (κ2) is 6.12. The minimum atomic E-state index is -3.77. The molecule has 2 atom stereocenters. The van der Waals surface area contributed by atoms with Gasteiger partial charge < -0.3 is 9.52 Å². The fourth-order valence-corrected chi connectivity index (χ4v) is 3.73. The largest absolute Gasteiger partial charge is 0.481 e. The van der Waals surface area contributed by atoms with Gasteiger partial charge >= 0.3 is 5.97 Å². The zero-order valence-electron chi connectivity index (χ0n) is 11.9. The summed E-state index contributed by atoms with van der Waals surface area (Å²) in [5.41, 5.74) is 0. The van der Waals surface area contributed by atoms with Crippen LogP contribution in [-0.4, -0.2) is 41.9 Å². The number of nitrogens with zero attached hydrogens (tertiary/aromatic N) is 2. The molecule has 2 heterocycles. The molecule has 0 amide bonds. The second-order valence-electron chi connectivity index (χ2n) is 5.19. The lowest BCUT2D eigenvalue weighted by atomic mass is 10.0. The molecule has 1 fully saturated rings. The van der Waals surface area contributed by atoms with E-state index in [2.05, 4.69) is 9.71 Å². The Morgan fingerprint density at radius 1 is 1.62 bits per heavy atom. The molecule has 1 saturated heterocycles. The van der Waals surface area contributed by atoms with Crippen molar-refractivity contribution in [1.82, 2.24) is 14.0 Å². The number of hydrogen-bond donors (Lipinski definition) is 2. The van der Waals surface area contributed by atoms with Crippen LogP contribution in [0.2, 0.25) is 0 Å². The van der Waals surface area contributed by atoms with Crippen LogP contribution >= 0.6 is 0 Å². The summed E-state index contributed by atoms with van der Waals surface area (Å²) in [5, 5.41) is 9.02. The molecule has 21 heavy (non-hydrogen) atoms. The van der Waals surface area contributed by atoms with Crippen molar-refractivity contribution in [3.8, 4) is 0 Å². The highest BCUT2D eigenvalue weighted by Crippen LogP contribution is 2.20. The molecule has 118 valence electrons. The number of aryl methyl sites for hydroxylation is 1. The number of hydrogen-bond acceptors (Lipinski definition) is 5. The lowest BCUT2D eigenvalue weighted by molar-refractivity contribution is -0.142. The molecule has 0 aromatic carbocycles. The minimum Gasteiger partial charge on any atom is -0.481 e. The van der Waals surface area contributed by atoms with E-state index in [1.165, 1.54) is 10.5 Å². The number of piperidine rings is 1. The molecular formula is C12H19N3O5S. The average molecular weight is 317 g/mol. The summed E-state index contributed by atoms with van der Waals surface area (Å²) in [7, 11) is -3.77. The molecule has 1 aliphatic heterocycles. The topological polar surface area (TPSA) is 113 Å². The highest BCUT2D eigenvalue weighted by atomic mass is 32.2. The van der Waals surface area contributed by atoms with E-state index in [1.54, 1.807) is 13.8 Å². The summed E-state index contributed by atoms with van der Waals surface area (Å²) >= 11 is 0. The summed E-state index contributed by atoms with van der Waals surface area (Å²) in [6, 6.07) is -0.617. The van der Waals surface area contributed by atoms with Gasteiger partial charge in [-0.05, 0) is 26.7 Å². The van der Waals surface area contributed by atoms with Crippen molar-refractivity contribution in [2.45, 2.75) is 32.7 Å². The van der Waals surface area contributed by atoms with Crippen LogP contribution in [0.25, 0.3) is 0 Å². The number of nitrogens with one attached hydrogen (secondary N) is 1. The Labute approximate surface area is 123 Å². The SMILES string of the molecule is Cc1cnc(C(C)NS(=O)(=O)N2CCCC(C(=O)O)C2)o1. The Morgan fingerprint density at radius 3 is 2.90 bits per heavy atom. The van der Waals surface area contributed by atoms with Crippen LogP contribution in [-0.2, 0) is 15.0 Å². The third kappa shape index (κ3) is 3.80. The second-order valence-corrected chi connectivity index (χ2v) is 6.89. The Hall–Kier alpha value is -1.45. The fourth-order valence-electron chi connectivity index (χ4n) is 2.28.